The van der Waals surface area contributed by atoms with Crippen LogP contribution in [0.4, 0.5) is 0 Å². The SMILES string of the molecule is CC(C)(C)NC(=O)Cn1ccnc1S(C)(=O)=O. The van der Waals surface area contributed by atoms with Gasteiger partial charge in [-0.3, -0.25) is 4.79 Å². The lowest BCUT2D eigenvalue weighted by molar-refractivity contribution is -0.123. The van der Waals surface area contributed by atoms with Gasteiger partial charge in [0, 0.05) is 24.2 Å². The molecule has 17 heavy (non-hydrogen) atoms. The van der Waals surface area contributed by atoms with Crippen LogP contribution in [-0.4, -0.2) is 35.7 Å². The Morgan fingerprint density at radius 3 is 2.53 bits per heavy atom. The molecule has 0 aliphatic heterocycles. The van der Waals surface area contributed by atoms with Crippen LogP contribution in [0.1, 0.15) is 20.8 Å². The summed E-state index contributed by atoms with van der Waals surface area (Å²) < 4.78 is 24.0. The highest BCUT2D eigenvalue weighted by molar-refractivity contribution is 7.90. The van der Waals surface area contributed by atoms with Gasteiger partial charge in [0.25, 0.3) is 0 Å². The van der Waals surface area contributed by atoms with Crippen LogP contribution in [0, 0.1) is 0 Å². The van der Waals surface area contributed by atoms with Crippen LogP contribution < -0.4 is 5.32 Å². The van der Waals surface area contributed by atoms with E-state index in [1.807, 2.05) is 20.8 Å². The van der Waals surface area contributed by atoms with Crippen LogP contribution in [0.3, 0.4) is 0 Å². The molecule has 0 fully saturated rings. The molecule has 0 aliphatic carbocycles. The third-order valence-electron chi connectivity index (χ3n) is 1.84. The van der Waals surface area contributed by atoms with Crippen molar-refractivity contribution in [1.29, 1.82) is 0 Å². The number of sulfone groups is 1. The summed E-state index contributed by atoms with van der Waals surface area (Å²) in [7, 11) is -3.41. The quantitative estimate of drug-likeness (QED) is 0.841. The summed E-state index contributed by atoms with van der Waals surface area (Å²) in [4.78, 5) is 15.4. The number of hydrogen-bond donors (Lipinski definition) is 1. The molecule has 96 valence electrons. The normalized spacial score (nSPS) is 12.5. The Hall–Kier alpha value is -1.37. The van der Waals surface area contributed by atoms with E-state index in [1.54, 1.807) is 0 Å². The van der Waals surface area contributed by atoms with Crippen molar-refractivity contribution in [2.75, 3.05) is 6.26 Å². The highest BCUT2D eigenvalue weighted by Gasteiger charge is 2.18. The van der Waals surface area contributed by atoms with Crippen LogP contribution in [0.2, 0.25) is 0 Å². The minimum atomic E-state index is -3.41. The second-order valence-corrected chi connectivity index (χ2v) is 6.82. The largest absolute Gasteiger partial charge is 0.350 e. The maximum atomic E-state index is 11.7. The molecule has 0 atom stereocenters. The number of nitrogens with zero attached hydrogens (tertiary/aromatic N) is 2. The highest BCUT2D eigenvalue weighted by Crippen LogP contribution is 2.06. The van der Waals surface area contributed by atoms with Crippen LogP contribution in [0.25, 0.3) is 0 Å². The maximum Gasteiger partial charge on any atom is 0.240 e. The Balaban J connectivity index is 2.84. The van der Waals surface area contributed by atoms with E-state index in [9.17, 15) is 13.2 Å². The first-order valence-corrected chi connectivity index (χ1v) is 7.01. The van der Waals surface area contributed by atoms with Gasteiger partial charge in [-0.15, -0.1) is 0 Å². The van der Waals surface area contributed by atoms with E-state index >= 15 is 0 Å². The molecule has 0 aliphatic rings. The number of carbonyl (C=O) groups is 1. The zero-order valence-electron chi connectivity index (χ0n) is 10.4. The summed E-state index contributed by atoms with van der Waals surface area (Å²) in [5.74, 6) is -0.250. The molecule has 1 aromatic heterocycles. The number of carbonyl (C=O) groups excluding carboxylic acids is 1. The van der Waals surface area contributed by atoms with Crippen molar-refractivity contribution < 1.29 is 13.2 Å². The molecule has 1 aromatic rings. The van der Waals surface area contributed by atoms with E-state index in [-0.39, 0.29) is 23.1 Å². The topological polar surface area (TPSA) is 81.1 Å². The molecule has 0 aromatic carbocycles. The minimum absolute atomic E-state index is 0.0559. The predicted molar refractivity (Wildman–Crippen MR) is 63.2 cm³/mol. The number of rotatable bonds is 3. The Morgan fingerprint density at radius 1 is 1.47 bits per heavy atom. The molecule has 7 heteroatoms. The summed E-state index contributed by atoms with van der Waals surface area (Å²) in [5.41, 5.74) is -0.344. The second kappa shape index (κ2) is 4.48. The lowest BCUT2D eigenvalue weighted by atomic mass is 10.1. The van der Waals surface area contributed by atoms with E-state index < -0.39 is 9.84 Å². The first-order chi connectivity index (χ1) is 7.59. The number of amides is 1. The molecule has 1 rings (SSSR count). The standard InChI is InChI=1S/C10H17N3O3S/c1-10(2,3)12-8(14)7-13-6-5-11-9(13)17(4,15)16/h5-6H,7H2,1-4H3,(H,12,14). The summed E-state index contributed by atoms with van der Waals surface area (Å²) >= 11 is 0. The van der Waals surface area contributed by atoms with Crippen molar-refractivity contribution in [2.45, 2.75) is 38.0 Å². The van der Waals surface area contributed by atoms with Gasteiger partial charge in [0.15, 0.2) is 0 Å². The third-order valence-corrected chi connectivity index (χ3v) is 2.84. The molecule has 0 unspecified atom stereocenters. The molecule has 0 bridgehead atoms. The average Bonchev–Trinajstić information content (AvgIpc) is 2.46. The van der Waals surface area contributed by atoms with Gasteiger partial charge in [-0.25, -0.2) is 13.4 Å². The zero-order chi connectivity index (χ0) is 13.3. The van der Waals surface area contributed by atoms with Gasteiger partial charge in [-0.05, 0) is 20.8 Å². The molecule has 6 nitrogen and oxygen atoms in total. The Kier molecular flexibility index (Phi) is 3.61. The molecule has 1 amide bonds. The van der Waals surface area contributed by atoms with Crippen molar-refractivity contribution in [2.24, 2.45) is 0 Å². The summed E-state index contributed by atoms with van der Waals surface area (Å²) in [6.45, 7) is 5.52. The number of imidazole rings is 1. The molecule has 0 radical (unpaired) electrons. The van der Waals surface area contributed by atoms with Crippen LogP contribution in [0.15, 0.2) is 17.6 Å². The lowest BCUT2D eigenvalue weighted by Gasteiger charge is -2.20. The lowest BCUT2D eigenvalue weighted by Crippen LogP contribution is -2.42. The molecule has 1 N–H and O–H groups in total. The van der Waals surface area contributed by atoms with Gasteiger partial charge in [0.05, 0.1) is 0 Å². The van der Waals surface area contributed by atoms with Gasteiger partial charge in [0.1, 0.15) is 6.54 Å². The second-order valence-electron chi connectivity index (χ2n) is 4.91. The fraction of sp³-hybridized carbons (Fsp3) is 0.600. The van der Waals surface area contributed by atoms with Crippen LogP contribution in [-0.2, 0) is 21.2 Å². The number of nitrogens with one attached hydrogen (secondary N) is 1. The highest BCUT2D eigenvalue weighted by atomic mass is 32.2. The molecule has 0 saturated heterocycles. The van der Waals surface area contributed by atoms with Crippen molar-refractivity contribution in [3.05, 3.63) is 12.4 Å². The predicted octanol–water partition coefficient (Wildman–Crippen LogP) is 0.201. The smallest absolute Gasteiger partial charge is 0.240 e. The van der Waals surface area contributed by atoms with Gasteiger partial charge in [0.2, 0.25) is 20.9 Å². The number of hydrogen-bond acceptors (Lipinski definition) is 4. The van der Waals surface area contributed by atoms with Crippen LogP contribution >= 0.6 is 0 Å². The maximum absolute atomic E-state index is 11.7. The van der Waals surface area contributed by atoms with Crippen molar-refractivity contribution >= 4 is 15.7 Å². The molecular weight excluding hydrogens is 242 g/mol. The van der Waals surface area contributed by atoms with Gasteiger partial charge in [-0.2, -0.15) is 0 Å². The van der Waals surface area contributed by atoms with E-state index in [0.29, 0.717) is 0 Å². The Bertz CT molecular complexity index is 511. The van der Waals surface area contributed by atoms with E-state index in [0.717, 1.165) is 6.26 Å². The monoisotopic (exact) mass is 259 g/mol. The molecule has 1 heterocycles. The summed E-state index contributed by atoms with van der Waals surface area (Å²) in [5, 5.41) is 2.66. The zero-order valence-corrected chi connectivity index (χ0v) is 11.2. The molecule has 0 saturated carbocycles. The van der Waals surface area contributed by atoms with E-state index in [4.69, 9.17) is 0 Å². The first kappa shape index (κ1) is 13.7. The van der Waals surface area contributed by atoms with Crippen molar-refractivity contribution in [3.63, 3.8) is 0 Å². The van der Waals surface area contributed by atoms with Crippen molar-refractivity contribution in [3.8, 4) is 0 Å². The van der Waals surface area contributed by atoms with E-state index in [1.165, 1.54) is 17.0 Å². The van der Waals surface area contributed by atoms with Gasteiger partial charge in [-0.1, -0.05) is 0 Å². The molecular formula is C10H17N3O3S. The van der Waals surface area contributed by atoms with Crippen LogP contribution in [0.5, 0.6) is 0 Å². The van der Waals surface area contributed by atoms with E-state index in [2.05, 4.69) is 10.3 Å². The fourth-order valence-electron chi connectivity index (χ4n) is 1.36. The summed E-state index contributed by atoms with van der Waals surface area (Å²) in [6.07, 6.45) is 3.90. The first-order valence-electron chi connectivity index (χ1n) is 5.12. The van der Waals surface area contributed by atoms with Gasteiger partial charge >= 0.3 is 0 Å². The van der Waals surface area contributed by atoms with Crippen molar-refractivity contribution in [1.82, 2.24) is 14.9 Å². The average molecular weight is 259 g/mol. The number of aromatic nitrogens is 2. The minimum Gasteiger partial charge on any atom is -0.350 e. The third kappa shape index (κ3) is 4.18. The molecule has 0 spiro atoms. The Labute approximate surface area is 101 Å². The Morgan fingerprint density at radius 2 is 2.06 bits per heavy atom. The summed E-state index contributed by atoms with van der Waals surface area (Å²) in [6, 6.07) is 0. The van der Waals surface area contributed by atoms with Gasteiger partial charge < -0.3 is 9.88 Å². The fourth-order valence-corrected chi connectivity index (χ4v) is 2.16.